The van der Waals surface area contributed by atoms with Gasteiger partial charge >= 0.3 is 0 Å². The normalized spacial score (nSPS) is 23.4. The van der Waals surface area contributed by atoms with Gasteiger partial charge in [0.25, 0.3) is 5.91 Å². The molecule has 0 bridgehead atoms. The number of amides is 2. The molecule has 2 heterocycles. The molecular formula is C17H22N2O4. The molecule has 0 saturated carbocycles. The fraction of sp³-hybridized carbons (Fsp3) is 0.529. The average Bonchev–Trinajstić information content (AvgIpc) is 3.04. The van der Waals surface area contributed by atoms with Crippen LogP contribution in [0.25, 0.3) is 0 Å². The molecule has 2 aliphatic rings. The van der Waals surface area contributed by atoms with Crippen molar-refractivity contribution < 1.29 is 19.1 Å². The molecule has 0 radical (unpaired) electrons. The molecule has 124 valence electrons. The van der Waals surface area contributed by atoms with Gasteiger partial charge in [-0.2, -0.15) is 0 Å². The van der Waals surface area contributed by atoms with Crippen molar-refractivity contribution in [3.63, 3.8) is 0 Å². The Morgan fingerprint density at radius 3 is 3.00 bits per heavy atom. The Labute approximate surface area is 135 Å². The highest BCUT2D eigenvalue weighted by atomic mass is 16.5. The van der Waals surface area contributed by atoms with Gasteiger partial charge < -0.3 is 14.8 Å². The van der Waals surface area contributed by atoms with E-state index in [-0.39, 0.29) is 24.5 Å². The molecule has 2 amide bonds. The zero-order chi connectivity index (χ0) is 16.4. The number of benzene rings is 1. The van der Waals surface area contributed by atoms with Gasteiger partial charge in [-0.25, -0.2) is 0 Å². The lowest BCUT2D eigenvalue weighted by molar-refractivity contribution is -0.128. The van der Waals surface area contributed by atoms with Crippen molar-refractivity contribution in [3.05, 3.63) is 23.8 Å². The summed E-state index contributed by atoms with van der Waals surface area (Å²) in [5, 5.41) is 2.85. The standard InChI is InChI=1S/C17H22N2O4/c1-11-5-6-15-14(8-11)19(17(21)12(2)23-15)10-16(20)18-9-13-4-3-7-22-13/h5-6,8,12-13H,3-4,7,9-10H2,1-2H3,(H,18,20)/t12-,13-/m0/s1. The van der Waals surface area contributed by atoms with Crippen LogP contribution in [0.1, 0.15) is 25.3 Å². The molecule has 1 aromatic rings. The minimum absolute atomic E-state index is 0.00426. The van der Waals surface area contributed by atoms with Crippen molar-refractivity contribution in [2.45, 2.75) is 38.9 Å². The maximum atomic E-state index is 12.4. The van der Waals surface area contributed by atoms with Crippen LogP contribution in [0.2, 0.25) is 0 Å². The third-order valence-corrected chi connectivity index (χ3v) is 4.18. The average molecular weight is 318 g/mol. The predicted molar refractivity (Wildman–Crippen MR) is 85.6 cm³/mol. The third-order valence-electron chi connectivity index (χ3n) is 4.18. The molecule has 0 unspecified atom stereocenters. The number of ether oxygens (including phenoxy) is 2. The van der Waals surface area contributed by atoms with Crippen LogP contribution in [0, 0.1) is 6.92 Å². The molecule has 1 saturated heterocycles. The Hall–Kier alpha value is -2.08. The summed E-state index contributed by atoms with van der Waals surface area (Å²) in [4.78, 5) is 26.1. The van der Waals surface area contributed by atoms with E-state index in [9.17, 15) is 9.59 Å². The van der Waals surface area contributed by atoms with Crippen LogP contribution in [-0.4, -0.2) is 43.7 Å². The first kappa shape index (κ1) is 15.8. The van der Waals surface area contributed by atoms with Gasteiger partial charge in [0.2, 0.25) is 5.91 Å². The quantitative estimate of drug-likeness (QED) is 0.911. The summed E-state index contributed by atoms with van der Waals surface area (Å²) >= 11 is 0. The molecule has 3 rings (SSSR count). The lowest BCUT2D eigenvalue weighted by Crippen LogP contribution is -2.49. The van der Waals surface area contributed by atoms with Crippen LogP contribution in [0.15, 0.2) is 18.2 Å². The summed E-state index contributed by atoms with van der Waals surface area (Å²) in [5.41, 5.74) is 1.67. The van der Waals surface area contributed by atoms with E-state index in [1.807, 2.05) is 25.1 Å². The predicted octanol–water partition coefficient (Wildman–Crippen LogP) is 1.40. The van der Waals surface area contributed by atoms with Gasteiger partial charge in [0.05, 0.1) is 11.8 Å². The lowest BCUT2D eigenvalue weighted by atomic mass is 10.1. The Kier molecular flexibility index (Phi) is 4.52. The maximum Gasteiger partial charge on any atom is 0.268 e. The van der Waals surface area contributed by atoms with Crippen LogP contribution >= 0.6 is 0 Å². The number of anilines is 1. The Bertz CT molecular complexity index is 611. The van der Waals surface area contributed by atoms with Crippen LogP contribution < -0.4 is 15.0 Å². The molecule has 1 N–H and O–H groups in total. The molecular weight excluding hydrogens is 296 g/mol. The molecule has 23 heavy (non-hydrogen) atoms. The second-order valence-corrected chi connectivity index (χ2v) is 6.09. The molecule has 1 aromatic carbocycles. The summed E-state index contributed by atoms with van der Waals surface area (Å²) < 4.78 is 11.1. The number of aryl methyl sites for hydroxylation is 1. The van der Waals surface area contributed by atoms with E-state index in [0.717, 1.165) is 25.0 Å². The van der Waals surface area contributed by atoms with Gasteiger partial charge in [-0.1, -0.05) is 6.07 Å². The minimum Gasteiger partial charge on any atom is -0.479 e. The highest BCUT2D eigenvalue weighted by Gasteiger charge is 2.32. The van der Waals surface area contributed by atoms with Gasteiger partial charge in [0.15, 0.2) is 6.10 Å². The fourth-order valence-electron chi connectivity index (χ4n) is 2.91. The topological polar surface area (TPSA) is 67.9 Å². The Balaban J connectivity index is 1.69. The molecule has 6 heteroatoms. The lowest BCUT2D eigenvalue weighted by Gasteiger charge is -2.32. The zero-order valence-electron chi connectivity index (χ0n) is 13.5. The largest absolute Gasteiger partial charge is 0.479 e. The zero-order valence-corrected chi connectivity index (χ0v) is 13.5. The van der Waals surface area contributed by atoms with E-state index < -0.39 is 6.10 Å². The molecule has 1 fully saturated rings. The SMILES string of the molecule is Cc1ccc2c(c1)N(CC(=O)NC[C@@H]1CCCO1)C(=O)[C@H](C)O2. The van der Waals surface area contributed by atoms with Crippen LogP contribution in [-0.2, 0) is 14.3 Å². The number of hydrogen-bond donors (Lipinski definition) is 1. The van der Waals surface area contributed by atoms with Crippen LogP contribution in [0.3, 0.4) is 0 Å². The van der Waals surface area contributed by atoms with Crippen molar-refractivity contribution >= 4 is 17.5 Å². The summed E-state index contributed by atoms with van der Waals surface area (Å²) in [7, 11) is 0. The Morgan fingerprint density at radius 1 is 1.43 bits per heavy atom. The molecule has 0 spiro atoms. The summed E-state index contributed by atoms with van der Waals surface area (Å²) in [6, 6.07) is 5.63. The van der Waals surface area contributed by atoms with Gasteiger partial charge in [0.1, 0.15) is 12.3 Å². The molecule has 2 aliphatic heterocycles. The minimum atomic E-state index is -0.587. The second-order valence-electron chi connectivity index (χ2n) is 6.09. The maximum absolute atomic E-state index is 12.4. The number of carbonyl (C=O) groups is 2. The summed E-state index contributed by atoms with van der Waals surface area (Å²) in [5.74, 6) is 0.250. The van der Waals surface area contributed by atoms with E-state index >= 15 is 0 Å². The number of fused-ring (bicyclic) bond motifs is 1. The molecule has 0 aromatic heterocycles. The van der Waals surface area contributed by atoms with Crippen molar-refractivity contribution in [1.82, 2.24) is 5.32 Å². The van der Waals surface area contributed by atoms with Crippen molar-refractivity contribution in [2.24, 2.45) is 0 Å². The van der Waals surface area contributed by atoms with Crippen LogP contribution in [0.4, 0.5) is 5.69 Å². The smallest absolute Gasteiger partial charge is 0.268 e. The van der Waals surface area contributed by atoms with E-state index in [2.05, 4.69) is 5.32 Å². The summed E-state index contributed by atoms with van der Waals surface area (Å²) in [6.07, 6.45) is 1.51. The van der Waals surface area contributed by atoms with E-state index in [1.54, 1.807) is 6.92 Å². The number of carbonyl (C=O) groups excluding carboxylic acids is 2. The first-order chi connectivity index (χ1) is 11.0. The van der Waals surface area contributed by atoms with Crippen molar-refractivity contribution in [3.8, 4) is 5.75 Å². The van der Waals surface area contributed by atoms with Crippen molar-refractivity contribution in [2.75, 3.05) is 24.6 Å². The first-order valence-electron chi connectivity index (χ1n) is 8.01. The third kappa shape index (κ3) is 3.47. The van der Waals surface area contributed by atoms with Gasteiger partial charge in [-0.05, 0) is 44.4 Å². The highest BCUT2D eigenvalue weighted by molar-refractivity contribution is 6.03. The van der Waals surface area contributed by atoms with Crippen LogP contribution in [0.5, 0.6) is 5.75 Å². The number of nitrogens with one attached hydrogen (secondary N) is 1. The number of rotatable bonds is 4. The van der Waals surface area contributed by atoms with Gasteiger partial charge in [-0.3, -0.25) is 14.5 Å². The summed E-state index contributed by atoms with van der Waals surface area (Å²) in [6.45, 7) is 4.89. The molecule has 2 atom stereocenters. The monoisotopic (exact) mass is 318 g/mol. The second kappa shape index (κ2) is 6.58. The molecule has 6 nitrogen and oxygen atoms in total. The number of nitrogens with zero attached hydrogens (tertiary/aromatic N) is 1. The highest BCUT2D eigenvalue weighted by Crippen LogP contribution is 2.34. The van der Waals surface area contributed by atoms with Gasteiger partial charge in [-0.15, -0.1) is 0 Å². The molecule has 0 aliphatic carbocycles. The van der Waals surface area contributed by atoms with E-state index in [4.69, 9.17) is 9.47 Å². The fourth-order valence-corrected chi connectivity index (χ4v) is 2.91. The number of hydrogen-bond acceptors (Lipinski definition) is 4. The van der Waals surface area contributed by atoms with Gasteiger partial charge in [0, 0.05) is 13.2 Å². The first-order valence-corrected chi connectivity index (χ1v) is 8.01. The van der Waals surface area contributed by atoms with E-state index in [0.29, 0.717) is 18.0 Å². The van der Waals surface area contributed by atoms with E-state index in [1.165, 1.54) is 4.90 Å². The Morgan fingerprint density at radius 2 is 2.26 bits per heavy atom. The van der Waals surface area contributed by atoms with Crippen molar-refractivity contribution in [1.29, 1.82) is 0 Å².